The Balaban J connectivity index is 1.16. The Labute approximate surface area is 302 Å². The van der Waals surface area contributed by atoms with Gasteiger partial charge in [-0.2, -0.15) is 0 Å². The third kappa shape index (κ3) is 7.60. The van der Waals surface area contributed by atoms with Crippen molar-refractivity contribution in [3.63, 3.8) is 0 Å². The van der Waals surface area contributed by atoms with E-state index in [-0.39, 0.29) is 12.4 Å². The van der Waals surface area contributed by atoms with E-state index in [9.17, 15) is 4.79 Å². The molecule has 0 aliphatic carbocycles. The predicted octanol–water partition coefficient (Wildman–Crippen LogP) is 9.50. The zero-order chi connectivity index (χ0) is 34.5. The number of halogens is 1. The standard InChI is InChI=1S/C42H39ClN2O4S/c1-28-22-36-39(49-27-35-17-14-32(24-44-35)30-8-4-3-5-9-30)19-18-37-41(36)42(50-28)38(45(37)25-29-12-15-34(43)16-13-29)20-21-48-26-33-11-7-6-10-31(33)23-40(46)47-2/h3-19,24,28H,20-23,25-27H2,1-2H3. The summed E-state index contributed by atoms with van der Waals surface area (Å²) >= 11 is 8.19. The van der Waals surface area contributed by atoms with Gasteiger partial charge in [0.1, 0.15) is 12.4 Å². The Bertz CT molecular complexity index is 2100. The van der Waals surface area contributed by atoms with Crippen LogP contribution in [0.5, 0.6) is 5.75 Å². The van der Waals surface area contributed by atoms with Crippen LogP contribution in [0.25, 0.3) is 22.0 Å². The molecule has 3 heterocycles. The number of carbonyl (C=O) groups excluding carboxylic acids is 1. The number of benzene rings is 4. The lowest BCUT2D eigenvalue weighted by Crippen LogP contribution is -2.11. The second-order valence-corrected chi connectivity index (χ2v) is 14.5. The monoisotopic (exact) mass is 702 g/mol. The minimum absolute atomic E-state index is 0.228. The van der Waals surface area contributed by atoms with Gasteiger partial charge in [0.2, 0.25) is 0 Å². The third-order valence-corrected chi connectivity index (χ3v) is 10.6. The van der Waals surface area contributed by atoms with Crippen LogP contribution in [0.3, 0.4) is 0 Å². The minimum Gasteiger partial charge on any atom is -0.487 e. The fourth-order valence-electron chi connectivity index (χ4n) is 6.62. The van der Waals surface area contributed by atoms with E-state index in [2.05, 4.69) is 54.0 Å². The van der Waals surface area contributed by atoms with Crippen LogP contribution in [0.2, 0.25) is 5.02 Å². The van der Waals surface area contributed by atoms with E-state index in [1.807, 2.05) is 78.6 Å². The van der Waals surface area contributed by atoms with Crippen LogP contribution in [0, 0.1) is 0 Å². The number of hydrogen-bond donors (Lipinski definition) is 0. The number of methoxy groups -OCH3 is 1. The maximum Gasteiger partial charge on any atom is 0.309 e. The van der Waals surface area contributed by atoms with Crippen molar-refractivity contribution in [3.8, 4) is 16.9 Å². The van der Waals surface area contributed by atoms with Crippen molar-refractivity contribution in [1.29, 1.82) is 0 Å². The zero-order valence-electron chi connectivity index (χ0n) is 28.2. The Kier molecular flexibility index (Phi) is 10.5. The highest BCUT2D eigenvalue weighted by Gasteiger charge is 2.29. The highest BCUT2D eigenvalue weighted by molar-refractivity contribution is 8.00. The van der Waals surface area contributed by atoms with E-state index < -0.39 is 0 Å². The van der Waals surface area contributed by atoms with Crippen LogP contribution in [0.4, 0.5) is 0 Å². The molecule has 6 aromatic rings. The van der Waals surface area contributed by atoms with E-state index in [0.717, 1.165) is 58.1 Å². The average Bonchev–Trinajstić information content (AvgIpc) is 3.43. The molecule has 7 rings (SSSR count). The second-order valence-electron chi connectivity index (χ2n) is 12.6. The molecule has 4 aromatic carbocycles. The zero-order valence-corrected chi connectivity index (χ0v) is 29.8. The summed E-state index contributed by atoms with van der Waals surface area (Å²) in [6, 6.07) is 34.7. The topological polar surface area (TPSA) is 62.6 Å². The smallest absolute Gasteiger partial charge is 0.309 e. The quantitative estimate of drug-likeness (QED) is 0.0883. The molecule has 50 heavy (non-hydrogen) atoms. The number of hydrogen-bond acceptors (Lipinski definition) is 6. The van der Waals surface area contributed by atoms with Gasteiger partial charge in [0, 0.05) is 56.5 Å². The maximum absolute atomic E-state index is 12.0. The van der Waals surface area contributed by atoms with Crippen molar-refractivity contribution >= 4 is 40.2 Å². The van der Waals surface area contributed by atoms with Gasteiger partial charge in [0.05, 0.1) is 38.0 Å². The van der Waals surface area contributed by atoms with E-state index >= 15 is 0 Å². The van der Waals surface area contributed by atoms with Gasteiger partial charge in [-0.3, -0.25) is 9.78 Å². The first-order valence-electron chi connectivity index (χ1n) is 16.9. The fourth-order valence-corrected chi connectivity index (χ4v) is 8.09. The van der Waals surface area contributed by atoms with Crippen LogP contribution in [-0.4, -0.2) is 34.5 Å². The van der Waals surface area contributed by atoms with Crippen molar-refractivity contribution in [3.05, 3.63) is 148 Å². The number of thioether (sulfide) groups is 1. The molecule has 254 valence electrons. The molecule has 0 fully saturated rings. The molecule has 0 radical (unpaired) electrons. The first-order chi connectivity index (χ1) is 24.5. The largest absolute Gasteiger partial charge is 0.487 e. The van der Waals surface area contributed by atoms with Crippen molar-refractivity contribution in [2.75, 3.05) is 13.7 Å². The summed E-state index contributed by atoms with van der Waals surface area (Å²) in [6.07, 6.45) is 3.81. The highest BCUT2D eigenvalue weighted by atomic mass is 35.5. The van der Waals surface area contributed by atoms with Crippen LogP contribution in [-0.2, 0) is 53.3 Å². The van der Waals surface area contributed by atoms with Gasteiger partial charge in [-0.15, -0.1) is 11.8 Å². The predicted molar refractivity (Wildman–Crippen MR) is 201 cm³/mol. The summed E-state index contributed by atoms with van der Waals surface area (Å²) in [6.45, 7) is 4.36. The average molecular weight is 703 g/mol. The molecule has 1 aliphatic heterocycles. The van der Waals surface area contributed by atoms with E-state index in [4.69, 9.17) is 30.8 Å². The molecule has 1 atom stereocenters. The number of esters is 1. The number of nitrogens with zero attached hydrogens (tertiary/aromatic N) is 2. The van der Waals surface area contributed by atoms with Gasteiger partial charge in [0.15, 0.2) is 0 Å². The summed E-state index contributed by atoms with van der Waals surface area (Å²) in [4.78, 5) is 18.0. The molecule has 6 nitrogen and oxygen atoms in total. The maximum atomic E-state index is 12.0. The van der Waals surface area contributed by atoms with Gasteiger partial charge < -0.3 is 18.8 Å². The number of carbonyl (C=O) groups is 1. The van der Waals surface area contributed by atoms with Crippen LogP contribution >= 0.6 is 23.4 Å². The van der Waals surface area contributed by atoms with E-state index in [0.29, 0.717) is 25.1 Å². The molecule has 2 aromatic heterocycles. The van der Waals surface area contributed by atoms with Gasteiger partial charge in [-0.25, -0.2) is 0 Å². The van der Waals surface area contributed by atoms with Gasteiger partial charge in [0.25, 0.3) is 0 Å². The molecule has 0 spiro atoms. The molecule has 1 unspecified atom stereocenters. The van der Waals surface area contributed by atoms with Crippen LogP contribution < -0.4 is 4.74 Å². The Morgan fingerprint density at radius 1 is 0.900 bits per heavy atom. The molecule has 0 bridgehead atoms. The fraction of sp³-hybridized carbons (Fsp3) is 0.238. The Morgan fingerprint density at radius 2 is 1.68 bits per heavy atom. The molecule has 1 aliphatic rings. The number of pyridine rings is 1. The summed E-state index contributed by atoms with van der Waals surface area (Å²) < 4.78 is 20.2. The summed E-state index contributed by atoms with van der Waals surface area (Å²) in [5.41, 5.74) is 9.93. The lowest BCUT2D eigenvalue weighted by molar-refractivity contribution is -0.139. The first-order valence-corrected chi connectivity index (χ1v) is 18.1. The lowest BCUT2D eigenvalue weighted by atomic mass is 10.0. The normalized spacial score (nSPS) is 13.8. The molecule has 0 amide bonds. The molecular weight excluding hydrogens is 664 g/mol. The van der Waals surface area contributed by atoms with Crippen LogP contribution in [0.15, 0.2) is 114 Å². The van der Waals surface area contributed by atoms with Crippen molar-refractivity contribution < 1.29 is 19.0 Å². The summed E-state index contributed by atoms with van der Waals surface area (Å²) in [5.74, 6) is 0.652. The minimum atomic E-state index is -0.259. The number of aromatic nitrogens is 2. The first kappa shape index (κ1) is 33.9. The van der Waals surface area contributed by atoms with E-state index in [1.165, 1.54) is 39.7 Å². The van der Waals surface area contributed by atoms with Crippen molar-refractivity contribution in [2.45, 2.75) is 56.1 Å². The lowest BCUT2D eigenvalue weighted by Gasteiger charge is -2.22. The van der Waals surface area contributed by atoms with Gasteiger partial charge >= 0.3 is 5.97 Å². The van der Waals surface area contributed by atoms with Gasteiger partial charge in [-0.05, 0) is 59.0 Å². The summed E-state index contributed by atoms with van der Waals surface area (Å²) in [5, 5.41) is 2.38. The second kappa shape index (κ2) is 15.5. The van der Waals surface area contributed by atoms with E-state index in [1.54, 1.807) is 0 Å². The Morgan fingerprint density at radius 3 is 2.44 bits per heavy atom. The molecular formula is C42H39ClN2O4S. The number of ether oxygens (including phenoxy) is 3. The summed E-state index contributed by atoms with van der Waals surface area (Å²) in [7, 11) is 1.41. The molecule has 0 saturated carbocycles. The molecule has 8 heteroatoms. The van der Waals surface area contributed by atoms with Crippen molar-refractivity contribution in [1.82, 2.24) is 9.55 Å². The van der Waals surface area contributed by atoms with Crippen LogP contribution in [0.1, 0.15) is 40.6 Å². The SMILES string of the molecule is COC(=O)Cc1ccccc1COCCc1c2c3c(c(OCc4ccc(-c5ccccc5)cn4)ccc3n1Cc1ccc(Cl)cc1)CC(C)S2. The van der Waals surface area contributed by atoms with Gasteiger partial charge in [-0.1, -0.05) is 91.3 Å². The highest BCUT2D eigenvalue weighted by Crippen LogP contribution is 2.47. The third-order valence-electron chi connectivity index (χ3n) is 9.15. The number of rotatable bonds is 13. The Hall–Kier alpha value is -4.56. The molecule has 0 N–H and O–H groups in total. The molecule has 0 saturated heterocycles. The van der Waals surface area contributed by atoms with Crippen molar-refractivity contribution in [2.24, 2.45) is 0 Å².